The number of amides is 2. The third-order valence-electron chi connectivity index (χ3n) is 6.42. The number of hydrogen-bond donors (Lipinski definition) is 3. The van der Waals surface area contributed by atoms with E-state index in [2.05, 4.69) is 21.0 Å². The summed E-state index contributed by atoms with van der Waals surface area (Å²) in [7, 11) is 3.05. The van der Waals surface area contributed by atoms with E-state index in [0.717, 1.165) is 22.3 Å². The summed E-state index contributed by atoms with van der Waals surface area (Å²) in [4.78, 5) is 45.2. The van der Waals surface area contributed by atoms with Gasteiger partial charge in [-0.2, -0.15) is 0 Å². The molecule has 210 valence electrons. The van der Waals surface area contributed by atoms with Crippen LogP contribution in [0.1, 0.15) is 11.1 Å². The zero-order valence-corrected chi connectivity index (χ0v) is 22.9. The number of aromatic nitrogens is 2. The Kier molecular flexibility index (Phi) is 8.06. The van der Waals surface area contributed by atoms with Crippen molar-refractivity contribution < 1.29 is 18.4 Å². The lowest BCUT2D eigenvalue weighted by Crippen LogP contribution is -2.39. The standard InChI is InChI=1S/C29H25F2N5O4S/c1-32-15-20-24-26(37)36(19-7-4-3-5-8-19)29(39)35(16-21-22(30)9-6-10-23(21)31)27(24)41-25(20)17-11-13-18(14-12-17)33-28(38)34-40-2/h3-14,32H,15-16H2,1-2H3,(H2,33,34,38). The molecule has 2 amide bonds. The molecule has 12 heteroatoms. The molecule has 3 aromatic carbocycles. The van der Waals surface area contributed by atoms with E-state index in [-0.39, 0.29) is 22.3 Å². The van der Waals surface area contributed by atoms with Gasteiger partial charge in [-0.25, -0.2) is 28.4 Å². The monoisotopic (exact) mass is 577 g/mol. The van der Waals surface area contributed by atoms with E-state index in [1.165, 1.54) is 29.1 Å². The van der Waals surface area contributed by atoms with Gasteiger partial charge < -0.3 is 10.6 Å². The lowest BCUT2D eigenvalue weighted by molar-refractivity contribution is 0.114. The normalized spacial score (nSPS) is 11.1. The smallest absolute Gasteiger partial charge is 0.316 e. The van der Waals surface area contributed by atoms with E-state index in [4.69, 9.17) is 0 Å². The van der Waals surface area contributed by atoms with Crippen molar-refractivity contribution in [2.45, 2.75) is 13.1 Å². The van der Waals surface area contributed by atoms with Crippen molar-refractivity contribution in [3.05, 3.63) is 116 Å². The maximum absolute atomic E-state index is 14.7. The van der Waals surface area contributed by atoms with Crippen molar-refractivity contribution in [3.63, 3.8) is 0 Å². The lowest BCUT2D eigenvalue weighted by Gasteiger charge is -2.13. The van der Waals surface area contributed by atoms with E-state index in [1.54, 1.807) is 61.6 Å². The highest BCUT2D eigenvalue weighted by Gasteiger charge is 2.24. The quantitative estimate of drug-likeness (QED) is 0.234. The van der Waals surface area contributed by atoms with Crippen LogP contribution in [0, 0.1) is 11.6 Å². The average molecular weight is 578 g/mol. The number of nitrogens with zero attached hydrogens (tertiary/aromatic N) is 2. The molecule has 0 saturated heterocycles. The van der Waals surface area contributed by atoms with Crippen LogP contribution in [0.15, 0.2) is 82.4 Å². The van der Waals surface area contributed by atoms with Gasteiger partial charge in [-0.05, 0) is 54.6 Å². The Balaban J connectivity index is 1.76. The van der Waals surface area contributed by atoms with E-state index in [1.807, 2.05) is 0 Å². The van der Waals surface area contributed by atoms with Crippen LogP contribution in [0.5, 0.6) is 0 Å². The van der Waals surface area contributed by atoms with Crippen molar-refractivity contribution in [3.8, 4) is 16.1 Å². The predicted octanol–water partition coefficient (Wildman–Crippen LogP) is 4.61. The molecule has 2 aromatic heterocycles. The van der Waals surface area contributed by atoms with Crippen molar-refractivity contribution in [1.29, 1.82) is 0 Å². The summed E-state index contributed by atoms with van der Waals surface area (Å²) in [6.45, 7) is -0.140. The number of rotatable bonds is 8. The number of para-hydroxylation sites is 1. The first-order valence-electron chi connectivity index (χ1n) is 12.5. The summed E-state index contributed by atoms with van der Waals surface area (Å²) >= 11 is 1.18. The molecule has 5 aromatic rings. The second-order valence-corrected chi connectivity index (χ2v) is 10.0. The minimum Gasteiger partial charge on any atom is -0.316 e. The summed E-state index contributed by atoms with van der Waals surface area (Å²) in [6, 6.07) is 18.3. The van der Waals surface area contributed by atoms with Crippen molar-refractivity contribution in [1.82, 2.24) is 19.9 Å². The molecule has 41 heavy (non-hydrogen) atoms. The molecule has 2 heterocycles. The highest BCUT2D eigenvalue weighted by Crippen LogP contribution is 2.38. The largest absolute Gasteiger partial charge is 0.343 e. The third-order valence-corrected chi connectivity index (χ3v) is 7.72. The third kappa shape index (κ3) is 5.40. The van der Waals surface area contributed by atoms with Crippen LogP contribution in [0.3, 0.4) is 0 Å². The van der Waals surface area contributed by atoms with E-state index >= 15 is 0 Å². The molecule has 0 saturated carbocycles. The fraction of sp³-hybridized carbons (Fsp3) is 0.138. The minimum absolute atomic E-state index is 0.265. The predicted molar refractivity (Wildman–Crippen MR) is 155 cm³/mol. The van der Waals surface area contributed by atoms with Gasteiger partial charge in [0, 0.05) is 22.7 Å². The Morgan fingerprint density at radius 3 is 2.24 bits per heavy atom. The molecular formula is C29H25F2N5O4S. The molecular weight excluding hydrogens is 552 g/mol. The summed E-state index contributed by atoms with van der Waals surface area (Å²) in [5.74, 6) is -1.59. The Labute approximate surface area is 236 Å². The topological polar surface area (TPSA) is 106 Å². The fourth-order valence-corrected chi connectivity index (χ4v) is 5.90. The number of carbonyl (C=O) groups is 1. The Hall–Kier alpha value is -4.65. The van der Waals surface area contributed by atoms with Crippen LogP contribution in [-0.4, -0.2) is 29.3 Å². The molecule has 0 unspecified atom stereocenters. The molecule has 0 aliphatic rings. The number of urea groups is 1. The first kappa shape index (κ1) is 27.9. The number of nitrogens with one attached hydrogen (secondary N) is 3. The minimum atomic E-state index is -0.796. The van der Waals surface area contributed by atoms with Gasteiger partial charge in [0.1, 0.15) is 16.5 Å². The number of fused-ring (bicyclic) bond motifs is 1. The Bertz CT molecular complexity index is 1830. The van der Waals surface area contributed by atoms with Gasteiger partial charge in [0.05, 0.1) is 24.7 Å². The van der Waals surface area contributed by atoms with Crippen LogP contribution in [0.4, 0.5) is 19.3 Å². The van der Waals surface area contributed by atoms with Gasteiger partial charge in [0.15, 0.2) is 0 Å². The molecule has 0 atom stereocenters. The zero-order chi connectivity index (χ0) is 29.1. The molecule has 0 aliphatic carbocycles. The maximum Gasteiger partial charge on any atom is 0.343 e. The van der Waals surface area contributed by atoms with Crippen LogP contribution in [-0.2, 0) is 17.9 Å². The van der Waals surface area contributed by atoms with Crippen molar-refractivity contribution in [2.24, 2.45) is 0 Å². The number of hydrogen-bond acceptors (Lipinski definition) is 6. The number of halogens is 2. The second-order valence-electron chi connectivity index (χ2n) is 9.00. The summed E-state index contributed by atoms with van der Waals surface area (Å²) in [5.41, 5.74) is 2.80. The summed E-state index contributed by atoms with van der Waals surface area (Å²) < 4.78 is 31.8. The van der Waals surface area contributed by atoms with Crippen LogP contribution >= 0.6 is 11.3 Å². The number of carbonyl (C=O) groups excluding carboxylic acids is 1. The second kappa shape index (κ2) is 11.8. The Morgan fingerprint density at radius 1 is 0.927 bits per heavy atom. The molecule has 5 rings (SSSR count). The van der Waals surface area contributed by atoms with Crippen molar-refractivity contribution in [2.75, 3.05) is 19.5 Å². The van der Waals surface area contributed by atoms with Gasteiger partial charge in [-0.3, -0.25) is 14.2 Å². The maximum atomic E-state index is 14.7. The fourth-order valence-electron chi connectivity index (χ4n) is 4.59. The first-order valence-corrected chi connectivity index (χ1v) is 13.3. The molecule has 9 nitrogen and oxygen atoms in total. The number of hydroxylamine groups is 1. The van der Waals surface area contributed by atoms with Crippen LogP contribution < -0.4 is 27.4 Å². The van der Waals surface area contributed by atoms with E-state index in [9.17, 15) is 23.2 Å². The molecule has 0 bridgehead atoms. The average Bonchev–Trinajstić information content (AvgIpc) is 3.33. The van der Waals surface area contributed by atoms with Gasteiger partial charge in [-0.1, -0.05) is 36.4 Å². The zero-order valence-electron chi connectivity index (χ0n) is 22.0. The highest BCUT2D eigenvalue weighted by atomic mass is 32.1. The van der Waals surface area contributed by atoms with Crippen LogP contribution in [0.2, 0.25) is 0 Å². The summed E-state index contributed by atoms with van der Waals surface area (Å²) in [5, 5.41) is 5.97. The molecule has 3 N–H and O–H groups in total. The molecule has 0 radical (unpaired) electrons. The molecule has 0 fully saturated rings. The Morgan fingerprint density at radius 2 is 1.61 bits per heavy atom. The lowest BCUT2D eigenvalue weighted by atomic mass is 10.1. The molecule has 0 spiro atoms. The van der Waals surface area contributed by atoms with Gasteiger partial charge in [0.2, 0.25) is 0 Å². The van der Waals surface area contributed by atoms with E-state index < -0.39 is 35.5 Å². The van der Waals surface area contributed by atoms with Gasteiger partial charge in [0.25, 0.3) is 5.56 Å². The van der Waals surface area contributed by atoms with Crippen LogP contribution in [0.25, 0.3) is 26.3 Å². The SMILES string of the molecule is CNCc1c(-c2ccc(NC(=O)NOC)cc2)sc2c1c(=O)n(-c1ccccc1)c(=O)n2Cc1c(F)cccc1F. The summed E-state index contributed by atoms with van der Waals surface area (Å²) in [6.07, 6.45) is 0. The van der Waals surface area contributed by atoms with Gasteiger partial charge >= 0.3 is 11.7 Å². The van der Waals surface area contributed by atoms with Crippen molar-refractivity contribution >= 4 is 33.3 Å². The highest BCUT2D eigenvalue weighted by molar-refractivity contribution is 7.22. The van der Waals surface area contributed by atoms with E-state index in [0.29, 0.717) is 21.8 Å². The van der Waals surface area contributed by atoms with Gasteiger partial charge in [-0.15, -0.1) is 11.3 Å². The number of thiophene rings is 1. The number of benzene rings is 3. The number of anilines is 1. The molecule has 0 aliphatic heterocycles. The first-order chi connectivity index (χ1) is 19.8.